The van der Waals surface area contributed by atoms with Crippen molar-refractivity contribution in [3.63, 3.8) is 0 Å². The highest BCUT2D eigenvalue weighted by Crippen LogP contribution is 2.31. The molecule has 0 aliphatic rings. The maximum Gasteiger partial charge on any atom is 0.416 e. The fraction of sp³-hybridized carbons (Fsp3) is 0.160. The molecule has 3 aromatic carbocycles. The summed E-state index contributed by atoms with van der Waals surface area (Å²) in [6, 6.07) is 16.1. The van der Waals surface area contributed by atoms with Gasteiger partial charge in [0.15, 0.2) is 11.5 Å². The molecule has 36 heavy (non-hydrogen) atoms. The molecule has 0 bridgehead atoms. The van der Waals surface area contributed by atoms with E-state index < -0.39 is 23.6 Å². The molecule has 0 aliphatic heterocycles. The van der Waals surface area contributed by atoms with Gasteiger partial charge in [0.2, 0.25) is 0 Å². The quantitative estimate of drug-likeness (QED) is 0.236. The smallest absolute Gasteiger partial charge is 0.416 e. The Hall–Kier alpha value is -4.05. The minimum Gasteiger partial charge on any atom is -0.490 e. The molecular formula is C25H21ClF3N3O4. The Morgan fingerprint density at radius 3 is 2.47 bits per heavy atom. The highest BCUT2D eigenvalue weighted by atomic mass is 35.5. The van der Waals surface area contributed by atoms with E-state index in [0.29, 0.717) is 28.7 Å². The van der Waals surface area contributed by atoms with Crippen LogP contribution in [0.5, 0.6) is 11.5 Å². The van der Waals surface area contributed by atoms with Crippen LogP contribution in [0.1, 0.15) is 23.6 Å². The molecule has 0 fully saturated rings. The van der Waals surface area contributed by atoms with Crippen molar-refractivity contribution in [3.8, 4) is 11.5 Å². The van der Waals surface area contributed by atoms with Crippen LogP contribution < -0.4 is 20.2 Å². The average molecular weight is 520 g/mol. The van der Waals surface area contributed by atoms with Gasteiger partial charge in [-0.15, -0.1) is 0 Å². The number of hydrogen-bond acceptors (Lipinski definition) is 5. The first-order valence-corrected chi connectivity index (χ1v) is 11.0. The fourth-order valence-corrected chi connectivity index (χ4v) is 3.13. The van der Waals surface area contributed by atoms with Crippen molar-refractivity contribution in [2.45, 2.75) is 19.7 Å². The third-order valence-electron chi connectivity index (χ3n) is 4.64. The standard InChI is InChI=1S/C25H21ClF3N3O4/c1-2-35-22-12-16(10-11-21(22)36-15-17-6-3-4-9-20(17)26)14-30-32-24(34)23(33)31-19-8-5-7-18(13-19)25(27,28)29/h3-14H,2,15H2,1H3,(H,31,33)(H,32,34)/b30-14+. The summed E-state index contributed by atoms with van der Waals surface area (Å²) >= 11 is 6.16. The topological polar surface area (TPSA) is 89.0 Å². The number of hydrogen-bond donors (Lipinski definition) is 2. The Balaban J connectivity index is 1.60. The number of carbonyl (C=O) groups excluding carboxylic acids is 2. The van der Waals surface area contributed by atoms with Crippen molar-refractivity contribution in [1.82, 2.24) is 5.43 Å². The first kappa shape index (κ1) is 26.6. The number of hydrazone groups is 1. The van der Waals surface area contributed by atoms with Crippen LogP contribution >= 0.6 is 11.6 Å². The van der Waals surface area contributed by atoms with Crippen LogP contribution in [0.4, 0.5) is 18.9 Å². The van der Waals surface area contributed by atoms with E-state index >= 15 is 0 Å². The van der Waals surface area contributed by atoms with Crippen LogP contribution in [0.2, 0.25) is 5.02 Å². The van der Waals surface area contributed by atoms with E-state index in [1.807, 2.05) is 30.5 Å². The van der Waals surface area contributed by atoms with Crippen molar-refractivity contribution >= 4 is 35.3 Å². The lowest BCUT2D eigenvalue weighted by Gasteiger charge is -2.13. The van der Waals surface area contributed by atoms with Gasteiger partial charge >= 0.3 is 18.0 Å². The second-order valence-corrected chi connectivity index (χ2v) is 7.66. The molecule has 0 saturated heterocycles. The van der Waals surface area contributed by atoms with Crippen molar-refractivity contribution in [2.75, 3.05) is 11.9 Å². The minimum absolute atomic E-state index is 0.178. The lowest BCUT2D eigenvalue weighted by atomic mass is 10.2. The minimum atomic E-state index is -4.58. The second kappa shape index (κ2) is 12.1. The molecule has 0 radical (unpaired) electrons. The summed E-state index contributed by atoms with van der Waals surface area (Å²) in [4.78, 5) is 24.0. The number of nitrogens with one attached hydrogen (secondary N) is 2. The van der Waals surface area contributed by atoms with Crippen LogP contribution in [-0.2, 0) is 22.4 Å². The summed E-state index contributed by atoms with van der Waals surface area (Å²) < 4.78 is 49.8. The van der Waals surface area contributed by atoms with Gasteiger partial charge in [0.25, 0.3) is 0 Å². The van der Waals surface area contributed by atoms with Gasteiger partial charge in [-0.25, -0.2) is 5.43 Å². The zero-order valence-corrected chi connectivity index (χ0v) is 19.7. The van der Waals surface area contributed by atoms with Gasteiger partial charge in [0, 0.05) is 16.3 Å². The van der Waals surface area contributed by atoms with Crippen LogP contribution in [0.25, 0.3) is 0 Å². The normalized spacial score (nSPS) is 11.2. The third-order valence-corrected chi connectivity index (χ3v) is 5.01. The molecule has 2 amide bonds. The number of ether oxygens (including phenoxy) is 2. The Labute approximate surface area is 209 Å². The molecule has 0 aliphatic carbocycles. The summed E-state index contributed by atoms with van der Waals surface area (Å²) in [5, 5.41) is 6.39. The SMILES string of the molecule is CCOc1cc(/C=N/NC(=O)C(=O)Nc2cccc(C(F)(F)F)c2)ccc1OCc1ccccc1Cl. The predicted molar refractivity (Wildman–Crippen MR) is 129 cm³/mol. The molecule has 2 N–H and O–H groups in total. The lowest BCUT2D eigenvalue weighted by Crippen LogP contribution is -2.32. The first-order chi connectivity index (χ1) is 17.2. The molecule has 0 atom stereocenters. The van der Waals surface area contributed by atoms with E-state index in [2.05, 4.69) is 10.4 Å². The number of amides is 2. The number of carbonyl (C=O) groups is 2. The van der Waals surface area contributed by atoms with E-state index in [4.69, 9.17) is 21.1 Å². The van der Waals surface area contributed by atoms with E-state index in [1.165, 1.54) is 12.3 Å². The molecule has 188 valence electrons. The van der Waals surface area contributed by atoms with Gasteiger partial charge in [-0.05, 0) is 55.0 Å². The molecule has 0 spiro atoms. The average Bonchev–Trinajstić information content (AvgIpc) is 2.84. The number of benzene rings is 3. The number of nitrogens with zero attached hydrogens (tertiary/aromatic N) is 1. The lowest BCUT2D eigenvalue weighted by molar-refractivity contribution is -0.137. The van der Waals surface area contributed by atoms with Gasteiger partial charge < -0.3 is 14.8 Å². The van der Waals surface area contributed by atoms with Gasteiger partial charge in [0.05, 0.1) is 18.4 Å². The number of halogens is 4. The molecule has 7 nitrogen and oxygen atoms in total. The van der Waals surface area contributed by atoms with Crippen molar-refractivity contribution in [2.24, 2.45) is 5.10 Å². The Morgan fingerprint density at radius 2 is 1.75 bits per heavy atom. The molecule has 3 aromatic rings. The highest BCUT2D eigenvalue weighted by molar-refractivity contribution is 6.39. The molecular weight excluding hydrogens is 499 g/mol. The first-order valence-electron chi connectivity index (χ1n) is 10.6. The Bertz CT molecular complexity index is 1270. The summed E-state index contributed by atoms with van der Waals surface area (Å²) in [5.41, 5.74) is 2.22. The molecule has 0 unspecified atom stereocenters. The molecule has 3 rings (SSSR count). The van der Waals surface area contributed by atoms with E-state index in [9.17, 15) is 22.8 Å². The van der Waals surface area contributed by atoms with E-state index in [0.717, 1.165) is 23.8 Å². The fourth-order valence-electron chi connectivity index (χ4n) is 2.94. The van der Waals surface area contributed by atoms with Crippen LogP contribution in [0, 0.1) is 0 Å². The van der Waals surface area contributed by atoms with Crippen LogP contribution in [-0.4, -0.2) is 24.6 Å². The maximum absolute atomic E-state index is 12.8. The van der Waals surface area contributed by atoms with Crippen molar-refractivity contribution in [3.05, 3.63) is 88.4 Å². The van der Waals surface area contributed by atoms with Gasteiger partial charge in [-0.1, -0.05) is 35.9 Å². The summed E-state index contributed by atoms with van der Waals surface area (Å²) in [6.07, 6.45) is -3.31. The predicted octanol–water partition coefficient (Wildman–Crippen LogP) is 5.43. The number of rotatable bonds is 8. The monoisotopic (exact) mass is 519 g/mol. The van der Waals surface area contributed by atoms with Crippen molar-refractivity contribution in [1.29, 1.82) is 0 Å². The van der Waals surface area contributed by atoms with Crippen molar-refractivity contribution < 1.29 is 32.2 Å². The Morgan fingerprint density at radius 1 is 0.972 bits per heavy atom. The van der Waals surface area contributed by atoms with Gasteiger partial charge in [-0.2, -0.15) is 18.3 Å². The summed E-state index contributed by atoms with van der Waals surface area (Å²) in [7, 11) is 0. The molecule has 0 saturated carbocycles. The third kappa shape index (κ3) is 7.47. The molecule has 11 heteroatoms. The van der Waals surface area contributed by atoms with E-state index in [1.54, 1.807) is 24.3 Å². The molecule has 0 heterocycles. The highest BCUT2D eigenvalue weighted by Gasteiger charge is 2.30. The summed E-state index contributed by atoms with van der Waals surface area (Å²) in [6.45, 7) is 2.40. The molecule has 0 aromatic heterocycles. The number of anilines is 1. The summed E-state index contributed by atoms with van der Waals surface area (Å²) in [5.74, 6) is -1.43. The largest absolute Gasteiger partial charge is 0.490 e. The van der Waals surface area contributed by atoms with Gasteiger partial charge in [0.1, 0.15) is 6.61 Å². The van der Waals surface area contributed by atoms with Crippen LogP contribution in [0.3, 0.4) is 0 Å². The zero-order valence-electron chi connectivity index (χ0n) is 18.9. The van der Waals surface area contributed by atoms with Gasteiger partial charge in [-0.3, -0.25) is 9.59 Å². The zero-order chi connectivity index (χ0) is 26.1. The maximum atomic E-state index is 12.8. The van der Waals surface area contributed by atoms with Crippen LogP contribution in [0.15, 0.2) is 71.8 Å². The number of alkyl halides is 3. The Kier molecular flexibility index (Phi) is 8.91. The van der Waals surface area contributed by atoms with E-state index in [-0.39, 0.29) is 12.3 Å². The second-order valence-electron chi connectivity index (χ2n) is 7.25.